The number of hydrogen-bond donors (Lipinski definition) is 2. The molecule has 0 radical (unpaired) electrons. The molecule has 1 aliphatic rings. The van der Waals surface area contributed by atoms with Crippen LogP contribution in [-0.2, 0) is 0 Å². The number of nitro groups is 1. The zero-order chi connectivity index (χ0) is 23.3. The molecule has 3 rings (SSSR count). The highest BCUT2D eigenvalue weighted by atomic mass is 32.2. The van der Waals surface area contributed by atoms with E-state index >= 15 is 0 Å². The number of unbranched alkanes of at least 4 members (excludes halogenated alkanes) is 2. The van der Waals surface area contributed by atoms with Crippen LogP contribution in [0.1, 0.15) is 69.4 Å². The van der Waals surface area contributed by atoms with Crippen molar-refractivity contribution in [2.45, 2.75) is 74.8 Å². The van der Waals surface area contributed by atoms with E-state index in [-0.39, 0.29) is 16.5 Å². The summed E-state index contributed by atoms with van der Waals surface area (Å²) in [6, 6.07) is 13.1. The van der Waals surface area contributed by atoms with Gasteiger partial charge in [-0.3, -0.25) is 14.8 Å². The van der Waals surface area contributed by atoms with Crippen LogP contribution in [0.25, 0.3) is 0 Å². The van der Waals surface area contributed by atoms with Crippen molar-refractivity contribution in [3.05, 3.63) is 63.7 Å². The summed E-state index contributed by atoms with van der Waals surface area (Å²) in [5.74, 6) is -0.360. The van der Waals surface area contributed by atoms with Crippen LogP contribution in [0.2, 0.25) is 0 Å². The first-order valence-electron chi connectivity index (χ1n) is 11.5. The maximum atomic E-state index is 12.0. The first kappa shape index (κ1) is 24.6. The highest BCUT2D eigenvalue weighted by Gasteiger charge is 2.45. The molecule has 2 unspecified atom stereocenters. The summed E-state index contributed by atoms with van der Waals surface area (Å²) >= 11 is 1.59. The number of fused-ring (bicyclic) bond motifs is 1. The maximum Gasteiger partial charge on any atom is 0.269 e. The van der Waals surface area contributed by atoms with Gasteiger partial charge in [0.15, 0.2) is 0 Å². The minimum atomic E-state index is -0.714. The van der Waals surface area contributed by atoms with E-state index in [0.29, 0.717) is 0 Å². The van der Waals surface area contributed by atoms with Gasteiger partial charge in [-0.05, 0) is 54.1 Å². The van der Waals surface area contributed by atoms with Crippen LogP contribution >= 0.6 is 11.9 Å². The summed E-state index contributed by atoms with van der Waals surface area (Å²) in [6.07, 6.45) is 5.12. The molecule has 174 valence electrons. The number of anilines is 1. The second-order valence-corrected chi connectivity index (χ2v) is 9.81. The Hall–Kier alpha value is -2.09. The van der Waals surface area contributed by atoms with Crippen LogP contribution in [0.5, 0.6) is 0 Å². The molecule has 1 heterocycles. The normalized spacial score (nSPS) is 19.8. The molecule has 2 aromatic rings. The predicted molar refractivity (Wildman–Crippen MR) is 132 cm³/mol. The van der Waals surface area contributed by atoms with Crippen molar-refractivity contribution in [3.8, 4) is 0 Å². The summed E-state index contributed by atoms with van der Waals surface area (Å²) in [7, 11) is 3.99. The average molecular weight is 458 g/mol. The Morgan fingerprint density at radius 3 is 2.41 bits per heavy atom. The summed E-state index contributed by atoms with van der Waals surface area (Å²) in [4.78, 5) is 14.2. The Morgan fingerprint density at radius 2 is 1.81 bits per heavy atom. The van der Waals surface area contributed by atoms with Crippen molar-refractivity contribution in [1.82, 2.24) is 4.72 Å². The summed E-state index contributed by atoms with van der Waals surface area (Å²) in [6.45, 7) is 4.33. The van der Waals surface area contributed by atoms with Crippen molar-refractivity contribution in [1.29, 1.82) is 0 Å². The third-order valence-electron chi connectivity index (χ3n) is 6.48. The van der Waals surface area contributed by atoms with E-state index < -0.39 is 11.6 Å². The van der Waals surface area contributed by atoms with E-state index in [2.05, 4.69) is 36.8 Å². The molecule has 0 aromatic heterocycles. The van der Waals surface area contributed by atoms with Crippen molar-refractivity contribution < 1.29 is 10.0 Å². The molecule has 32 heavy (non-hydrogen) atoms. The molecule has 1 aliphatic heterocycles. The fourth-order valence-electron chi connectivity index (χ4n) is 4.56. The second kappa shape index (κ2) is 10.7. The molecule has 0 bridgehead atoms. The van der Waals surface area contributed by atoms with Gasteiger partial charge >= 0.3 is 0 Å². The Labute approximate surface area is 195 Å². The van der Waals surface area contributed by atoms with Gasteiger partial charge in [0.2, 0.25) is 0 Å². The molecule has 0 fully saturated rings. The van der Waals surface area contributed by atoms with Crippen molar-refractivity contribution >= 4 is 23.3 Å². The van der Waals surface area contributed by atoms with E-state index in [4.69, 9.17) is 0 Å². The number of non-ortho nitro benzene ring substituents is 1. The second-order valence-electron chi connectivity index (χ2n) is 8.96. The summed E-state index contributed by atoms with van der Waals surface area (Å²) < 4.78 is 3.68. The third-order valence-corrected chi connectivity index (χ3v) is 7.58. The first-order valence-corrected chi connectivity index (χ1v) is 12.3. The van der Waals surface area contributed by atoms with Crippen LogP contribution in [0.15, 0.2) is 47.4 Å². The molecule has 0 aliphatic carbocycles. The van der Waals surface area contributed by atoms with E-state index in [0.717, 1.165) is 60.2 Å². The summed E-state index contributed by atoms with van der Waals surface area (Å²) in [5, 5.41) is 23.5. The lowest BCUT2D eigenvalue weighted by Crippen LogP contribution is -2.53. The Bertz CT molecular complexity index is 926. The van der Waals surface area contributed by atoms with Gasteiger partial charge < -0.3 is 10.0 Å². The number of nitrogens with zero attached hydrogens (tertiary/aromatic N) is 2. The van der Waals surface area contributed by atoms with Gasteiger partial charge in [-0.25, -0.2) is 0 Å². The van der Waals surface area contributed by atoms with Crippen LogP contribution < -0.4 is 9.62 Å². The minimum Gasteiger partial charge on any atom is -0.390 e. The van der Waals surface area contributed by atoms with Gasteiger partial charge in [0.25, 0.3) is 5.69 Å². The fraction of sp³-hybridized carbons (Fsp3) is 0.520. The van der Waals surface area contributed by atoms with Crippen molar-refractivity contribution in [2.75, 3.05) is 19.0 Å². The number of aliphatic hydroxyl groups excluding tert-OH is 1. The lowest BCUT2D eigenvalue weighted by molar-refractivity contribution is -0.384. The standard InChI is InChI=1S/C25H35N3O3S/c1-5-7-14-25(15-8-6-2)24(29)23(18-10-9-11-20(16-18)28(30)31)21-17-19(27(3)4)12-13-22(21)32-26-25/h9-13,16-17,23-24,26,29H,5-8,14-15H2,1-4H3. The first-order chi connectivity index (χ1) is 15.3. The third kappa shape index (κ3) is 5.11. The molecule has 0 saturated carbocycles. The average Bonchev–Trinajstić information content (AvgIpc) is 2.90. The Balaban J connectivity index is 2.20. The van der Waals surface area contributed by atoms with Gasteiger partial charge in [-0.15, -0.1) is 0 Å². The Morgan fingerprint density at radius 1 is 1.12 bits per heavy atom. The van der Waals surface area contributed by atoms with Gasteiger partial charge in [0.1, 0.15) is 0 Å². The largest absolute Gasteiger partial charge is 0.390 e. The van der Waals surface area contributed by atoms with Crippen LogP contribution in [0.4, 0.5) is 11.4 Å². The van der Waals surface area contributed by atoms with Gasteiger partial charge in [0, 0.05) is 42.7 Å². The molecular formula is C25H35N3O3S. The minimum absolute atomic E-state index is 0.0533. The molecule has 6 nitrogen and oxygen atoms in total. The highest BCUT2D eigenvalue weighted by Crippen LogP contribution is 2.46. The molecule has 2 N–H and O–H groups in total. The summed E-state index contributed by atoms with van der Waals surface area (Å²) in [5.41, 5.74) is 2.42. The molecule has 0 spiro atoms. The van der Waals surface area contributed by atoms with Crippen molar-refractivity contribution in [2.24, 2.45) is 0 Å². The number of aliphatic hydroxyl groups is 1. The number of rotatable bonds is 9. The molecule has 2 aromatic carbocycles. The van der Waals surface area contributed by atoms with Crippen molar-refractivity contribution in [3.63, 3.8) is 0 Å². The van der Waals surface area contributed by atoms with Gasteiger partial charge in [-0.1, -0.05) is 51.7 Å². The number of hydrogen-bond acceptors (Lipinski definition) is 6. The van der Waals surface area contributed by atoms with Crippen LogP contribution in [-0.4, -0.2) is 35.8 Å². The zero-order valence-corrected chi connectivity index (χ0v) is 20.3. The Kier molecular flexibility index (Phi) is 8.20. The topological polar surface area (TPSA) is 78.6 Å². The van der Waals surface area contributed by atoms with Crippen LogP contribution in [0, 0.1) is 10.1 Å². The molecule has 0 saturated heterocycles. The van der Waals surface area contributed by atoms with E-state index in [9.17, 15) is 15.2 Å². The molecule has 7 heteroatoms. The smallest absolute Gasteiger partial charge is 0.269 e. The van der Waals surface area contributed by atoms with E-state index in [1.807, 2.05) is 25.1 Å². The van der Waals surface area contributed by atoms with E-state index in [1.54, 1.807) is 24.1 Å². The molecule has 0 amide bonds. The SMILES string of the molecule is CCCCC1(CCCC)NSc2ccc(N(C)C)cc2C(c2cccc([N+](=O)[O-])c2)C1O. The maximum absolute atomic E-state index is 12.0. The zero-order valence-electron chi connectivity index (χ0n) is 19.5. The van der Waals surface area contributed by atoms with Gasteiger partial charge in [0.05, 0.1) is 16.6 Å². The van der Waals surface area contributed by atoms with Crippen LogP contribution in [0.3, 0.4) is 0 Å². The lowest BCUT2D eigenvalue weighted by atomic mass is 9.73. The van der Waals surface area contributed by atoms with E-state index in [1.165, 1.54) is 6.07 Å². The molecule has 2 atom stereocenters. The molecular weight excluding hydrogens is 422 g/mol. The highest BCUT2D eigenvalue weighted by molar-refractivity contribution is 7.97. The quantitative estimate of drug-likeness (QED) is 0.278. The van der Waals surface area contributed by atoms with Gasteiger partial charge in [-0.2, -0.15) is 0 Å². The fourth-order valence-corrected chi connectivity index (χ4v) is 5.63. The number of benzene rings is 2. The predicted octanol–water partition coefficient (Wildman–Crippen LogP) is 5.88. The lowest BCUT2D eigenvalue weighted by Gasteiger charge is -2.41. The monoisotopic (exact) mass is 457 g/mol. The number of nitrogens with one attached hydrogen (secondary N) is 1. The number of nitro benzene ring substituents is 1.